The van der Waals surface area contributed by atoms with E-state index in [-0.39, 0.29) is 16.9 Å². The average molecular weight is 652 g/mol. The van der Waals surface area contributed by atoms with Crippen LogP contribution in [0.1, 0.15) is 28.6 Å². The predicted octanol–water partition coefficient (Wildman–Crippen LogP) is 8.94. The topological polar surface area (TPSA) is 100 Å². The monoisotopic (exact) mass is 651 g/mol. The summed E-state index contributed by atoms with van der Waals surface area (Å²) in [5.74, 6) is -0.00290. The van der Waals surface area contributed by atoms with E-state index in [4.69, 9.17) is 4.42 Å². The van der Waals surface area contributed by atoms with E-state index in [9.17, 15) is 14.4 Å². The van der Waals surface area contributed by atoms with E-state index < -0.39 is 11.8 Å². The van der Waals surface area contributed by atoms with Crippen molar-refractivity contribution >= 4 is 57.7 Å². The van der Waals surface area contributed by atoms with Crippen LogP contribution in [0, 0.1) is 6.92 Å². The van der Waals surface area contributed by atoms with E-state index in [1.807, 2.05) is 105 Å². The quantitative estimate of drug-likeness (QED) is 0.101. The molecule has 7 nitrogen and oxygen atoms in total. The molecule has 5 aromatic carbocycles. The molecule has 0 bridgehead atoms. The Kier molecular flexibility index (Phi) is 9.83. The molecule has 0 fully saturated rings. The summed E-state index contributed by atoms with van der Waals surface area (Å²) in [6.45, 7) is 3.87. The van der Waals surface area contributed by atoms with Crippen LogP contribution in [0.25, 0.3) is 28.2 Å². The molecule has 1 heterocycles. The Hall–Kier alpha value is -5.86. The van der Waals surface area contributed by atoms with Crippen molar-refractivity contribution in [1.82, 2.24) is 5.32 Å². The molecule has 1 atom stereocenters. The van der Waals surface area contributed by atoms with E-state index in [0.717, 1.165) is 32.5 Å². The Morgan fingerprint density at radius 1 is 0.729 bits per heavy atom. The molecule has 6 aromatic rings. The van der Waals surface area contributed by atoms with Gasteiger partial charge in [0.05, 0.1) is 5.25 Å². The number of anilines is 2. The van der Waals surface area contributed by atoms with Crippen molar-refractivity contribution in [1.29, 1.82) is 0 Å². The van der Waals surface area contributed by atoms with Gasteiger partial charge in [0.25, 0.3) is 11.8 Å². The first-order valence-electron chi connectivity index (χ1n) is 15.4. The molecule has 0 aliphatic carbocycles. The summed E-state index contributed by atoms with van der Waals surface area (Å²) >= 11 is 1.41. The van der Waals surface area contributed by atoms with Crippen molar-refractivity contribution in [2.24, 2.45) is 0 Å². The number of rotatable bonds is 10. The van der Waals surface area contributed by atoms with Crippen LogP contribution in [-0.2, 0) is 9.59 Å². The van der Waals surface area contributed by atoms with Gasteiger partial charge in [-0.2, -0.15) is 0 Å². The number of hydrogen-bond acceptors (Lipinski definition) is 5. The lowest BCUT2D eigenvalue weighted by molar-refractivity contribution is -0.115. The smallest absolute Gasteiger partial charge is 0.272 e. The lowest BCUT2D eigenvalue weighted by Gasteiger charge is -2.14. The number of nitrogens with one attached hydrogen (secondary N) is 3. The summed E-state index contributed by atoms with van der Waals surface area (Å²) in [6.07, 6.45) is 1.51. The number of carbonyl (C=O) groups is 3. The summed E-state index contributed by atoms with van der Waals surface area (Å²) < 4.78 is 6.02. The third-order valence-corrected chi connectivity index (χ3v) is 8.73. The SMILES string of the molecule is Cc1ccc(-c2ccc(/C=C(\NC(=O)c3ccccc3)C(=O)Nc3ccc(S[C@H](C)C(=O)Nc4cccc5ccccc45)cc3)o2)cc1. The maximum atomic E-state index is 13.5. The number of fused-ring (bicyclic) bond motifs is 1. The van der Waals surface area contributed by atoms with Crippen LogP contribution in [0.5, 0.6) is 0 Å². The molecular weight excluding hydrogens is 619 g/mol. The first-order valence-corrected chi connectivity index (χ1v) is 16.3. The van der Waals surface area contributed by atoms with Crippen molar-refractivity contribution in [3.8, 4) is 11.3 Å². The van der Waals surface area contributed by atoms with Crippen LogP contribution in [0.3, 0.4) is 0 Å². The van der Waals surface area contributed by atoms with Gasteiger partial charge in [0, 0.05) is 38.9 Å². The van der Waals surface area contributed by atoms with Gasteiger partial charge in [0.1, 0.15) is 17.2 Å². The minimum Gasteiger partial charge on any atom is -0.457 e. The molecule has 0 aliphatic rings. The highest BCUT2D eigenvalue weighted by Gasteiger charge is 2.18. The molecule has 1 aromatic heterocycles. The molecular formula is C40H33N3O4S. The zero-order valence-corrected chi connectivity index (χ0v) is 27.2. The molecule has 8 heteroatoms. The first-order chi connectivity index (χ1) is 23.3. The summed E-state index contributed by atoms with van der Waals surface area (Å²) in [6, 6.07) is 41.1. The Morgan fingerprint density at radius 3 is 2.21 bits per heavy atom. The number of carbonyl (C=O) groups excluding carboxylic acids is 3. The van der Waals surface area contributed by atoms with Gasteiger partial charge >= 0.3 is 0 Å². The minimum atomic E-state index is -0.518. The molecule has 0 unspecified atom stereocenters. The van der Waals surface area contributed by atoms with Crippen LogP contribution in [-0.4, -0.2) is 23.0 Å². The maximum absolute atomic E-state index is 13.5. The van der Waals surface area contributed by atoms with E-state index in [0.29, 0.717) is 22.8 Å². The number of furan rings is 1. The number of aryl methyl sites for hydroxylation is 1. The van der Waals surface area contributed by atoms with Crippen LogP contribution < -0.4 is 16.0 Å². The summed E-state index contributed by atoms with van der Waals surface area (Å²) in [5.41, 5.74) is 3.76. The van der Waals surface area contributed by atoms with Gasteiger partial charge in [-0.25, -0.2) is 0 Å². The standard InChI is InChI=1S/C40H33N3O4S/c1-26-15-17-29(18-16-26)37-24-21-32(47-37)25-36(43-39(45)30-10-4-3-5-11-30)40(46)41-31-19-22-33(23-20-31)48-27(2)38(44)42-35-14-8-12-28-9-6-7-13-34(28)35/h3-25,27H,1-2H3,(H,41,46)(H,42,44)(H,43,45)/b36-25-/t27-/m1/s1. The molecule has 0 saturated carbocycles. The fraction of sp³-hybridized carbons (Fsp3) is 0.0750. The van der Waals surface area contributed by atoms with Gasteiger partial charge in [-0.3, -0.25) is 14.4 Å². The largest absolute Gasteiger partial charge is 0.457 e. The Balaban J connectivity index is 1.14. The molecule has 3 amide bonds. The maximum Gasteiger partial charge on any atom is 0.272 e. The number of amides is 3. The van der Waals surface area contributed by atoms with Crippen molar-refractivity contribution in [3.05, 3.63) is 156 Å². The van der Waals surface area contributed by atoms with E-state index >= 15 is 0 Å². The first kappa shape index (κ1) is 32.1. The predicted molar refractivity (Wildman–Crippen MR) is 194 cm³/mol. The molecule has 48 heavy (non-hydrogen) atoms. The molecule has 238 valence electrons. The number of benzene rings is 5. The molecule has 0 spiro atoms. The highest BCUT2D eigenvalue weighted by Crippen LogP contribution is 2.28. The van der Waals surface area contributed by atoms with Gasteiger partial charge in [0.2, 0.25) is 5.91 Å². The third kappa shape index (κ3) is 7.92. The highest BCUT2D eigenvalue weighted by atomic mass is 32.2. The zero-order chi connectivity index (χ0) is 33.5. The Bertz CT molecular complexity index is 2100. The molecule has 0 radical (unpaired) electrons. The Morgan fingerprint density at radius 2 is 1.44 bits per heavy atom. The van der Waals surface area contributed by atoms with E-state index in [2.05, 4.69) is 16.0 Å². The summed E-state index contributed by atoms with van der Waals surface area (Å²) in [5, 5.41) is 10.3. The summed E-state index contributed by atoms with van der Waals surface area (Å²) in [7, 11) is 0. The van der Waals surface area contributed by atoms with Gasteiger partial charge in [0.15, 0.2) is 0 Å². The van der Waals surface area contributed by atoms with Crippen molar-refractivity contribution in [2.45, 2.75) is 24.0 Å². The van der Waals surface area contributed by atoms with Crippen molar-refractivity contribution in [3.63, 3.8) is 0 Å². The summed E-state index contributed by atoms with van der Waals surface area (Å²) in [4.78, 5) is 40.5. The normalized spacial score (nSPS) is 11.9. The van der Waals surface area contributed by atoms with E-state index in [1.165, 1.54) is 17.8 Å². The average Bonchev–Trinajstić information content (AvgIpc) is 3.58. The highest BCUT2D eigenvalue weighted by molar-refractivity contribution is 8.00. The van der Waals surface area contributed by atoms with Crippen LogP contribution in [0.2, 0.25) is 0 Å². The Labute approximate surface area is 283 Å². The van der Waals surface area contributed by atoms with Crippen LogP contribution >= 0.6 is 11.8 Å². The molecule has 0 saturated heterocycles. The second-order valence-corrected chi connectivity index (χ2v) is 12.6. The van der Waals surface area contributed by atoms with E-state index in [1.54, 1.807) is 42.5 Å². The molecule has 0 aliphatic heterocycles. The number of thioether (sulfide) groups is 1. The third-order valence-electron chi connectivity index (χ3n) is 7.62. The van der Waals surface area contributed by atoms with Crippen LogP contribution in [0.15, 0.2) is 148 Å². The lowest BCUT2D eigenvalue weighted by atomic mass is 10.1. The van der Waals surface area contributed by atoms with Crippen LogP contribution in [0.4, 0.5) is 11.4 Å². The second kappa shape index (κ2) is 14.7. The number of hydrogen-bond donors (Lipinski definition) is 3. The van der Waals surface area contributed by atoms with Crippen molar-refractivity contribution < 1.29 is 18.8 Å². The fourth-order valence-corrected chi connectivity index (χ4v) is 5.90. The zero-order valence-electron chi connectivity index (χ0n) is 26.4. The van der Waals surface area contributed by atoms with Crippen molar-refractivity contribution in [2.75, 3.05) is 10.6 Å². The van der Waals surface area contributed by atoms with Gasteiger partial charge in [-0.15, -0.1) is 11.8 Å². The molecule has 6 rings (SSSR count). The minimum absolute atomic E-state index is 0.0193. The fourth-order valence-electron chi connectivity index (χ4n) is 5.03. The van der Waals surface area contributed by atoms with Gasteiger partial charge in [-0.05, 0) is 73.8 Å². The van der Waals surface area contributed by atoms with Gasteiger partial charge < -0.3 is 20.4 Å². The molecule has 3 N–H and O–H groups in total. The lowest BCUT2D eigenvalue weighted by Crippen LogP contribution is -2.30. The second-order valence-electron chi connectivity index (χ2n) is 11.2. The van der Waals surface area contributed by atoms with Gasteiger partial charge in [-0.1, -0.05) is 84.4 Å².